The van der Waals surface area contributed by atoms with Crippen LogP contribution in [0.15, 0.2) is 0 Å². The highest BCUT2D eigenvalue weighted by atomic mass is 16.5. The summed E-state index contributed by atoms with van der Waals surface area (Å²) in [7, 11) is 0. The molecule has 92 valence electrons. The molecule has 1 heterocycles. The molecule has 0 aromatic heterocycles. The van der Waals surface area contributed by atoms with Crippen LogP contribution in [0.2, 0.25) is 0 Å². The third kappa shape index (κ3) is 3.19. The smallest absolute Gasteiger partial charge is 0.239 e. The zero-order valence-corrected chi connectivity index (χ0v) is 10.00. The Morgan fingerprint density at radius 2 is 2.31 bits per heavy atom. The van der Waals surface area contributed by atoms with Gasteiger partial charge in [-0.15, -0.1) is 0 Å². The third-order valence-corrected chi connectivity index (χ3v) is 3.52. The maximum absolute atomic E-state index is 11.9. The van der Waals surface area contributed by atoms with Gasteiger partial charge in [-0.05, 0) is 18.8 Å². The van der Waals surface area contributed by atoms with Crippen molar-refractivity contribution in [2.45, 2.75) is 44.7 Å². The number of amides is 1. The molecule has 1 aliphatic heterocycles. The first kappa shape index (κ1) is 11.9. The van der Waals surface area contributed by atoms with Gasteiger partial charge in [0, 0.05) is 12.6 Å². The van der Waals surface area contributed by atoms with E-state index in [1.165, 1.54) is 12.8 Å². The second-order valence-corrected chi connectivity index (χ2v) is 5.06. The molecule has 4 heteroatoms. The SMILES string of the molecule is CC1CCCC(NC(=O)C2COCCN2)C1. The van der Waals surface area contributed by atoms with Crippen molar-refractivity contribution in [3.05, 3.63) is 0 Å². The Labute approximate surface area is 97.1 Å². The van der Waals surface area contributed by atoms with Crippen molar-refractivity contribution in [2.24, 2.45) is 5.92 Å². The standard InChI is InChI=1S/C12H22N2O2/c1-9-3-2-4-10(7-9)14-12(15)11-8-16-6-5-13-11/h9-11,13H,2-8H2,1H3,(H,14,15). The topological polar surface area (TPSA) is 50.4 Å². The Kier molecular flexibility index (Phi) is 4.18. The quantitative estimate of drug-likeness (QED) is 0.727. The highest BCUT2D eigenvalue weighted by Gasteiger charge is 2.25. The van der Waals surface area contributed by atoms with E-state index in [9.17, 15) is 4.79 Å². The minimum Gasteiger partial charge on any atom is -0.378 e. The number of ether oxygens (including phenoxy) is 1. The van der Waals surface area contributed by atoms with Crippen LogP contribution >= 0.6 is 0 Å². The second-order valence-electron chi connectivity index (χ2n) is 5.06. The van der Waals surface area contributed by atoms with Crippen molar-refractivity contribution < 1.29 is 9.53 Å². The Morgan fingerprint density at radius 3 is 3.00 bits per heavy atom. The molecule has 4 nitrogen and oxygen atoms in total. The van der Waals surface area contributed by atoms with Gasteiger partial charge in [0.05, 0.1) is 13.2 Å². The van der Waals surface area contributed by atoms with Crippen LogP contribution < -0.4 is 10.6 Å². The van der Waals surface area contributed by atoms with Crippen LogP contribution in [0.4, 0.5) is 0 Å². The molecule has 0 radical (unpaired) electrons. The Morgan fingerprint density at radius 1 is 1.44 bits per heavy atom. The fourth-order valence-corrected chi connectivity index (χ4v) is 2.60. The third-order valence-electron chi connectivity index (χ3n) is 3.52. The normalized spacial score (nSPS) is 35.7. The number of nitrogens with one attached hydrogen (secondary N) is 2. The molecule has 3 atom stereocenters. The summed E-state index contributed by atoms with van der Waals surface area (Å²) >= 11 is 0. The van der Waals surface area contributed by atoms with Crippen molar-refractivity contribution in [3.8, 4) is 0 Å². The van der Waals surface area contributed by atoms with Crippen LogP contribution in [0.3, 0.4) is 0 Å². The molecular formula is C12H22N2O2. The van der Waals surface area contributed by atoms with Crippen molar-refractivity contribution in [1.82, 2.24) is 10.6 Å². The number of carbonyl (C=O) groups is 1. The average Bonchev–Trinajstić information content (AvgIpc) is 2.30. The Balaban J connectivity index is 1.77. The van der Waals surface area contributed by atoms with E-state index in [1.54, 1.807) is 0 Å². The maximum Gasteiger partial charge on any atom is 0.239 e. The molecule has 2 fully saturated rings. The minimum absolute atomic E-state index is 0.110. The van der Waals surface area contributed by atoms with Gasteiger partial charge in [0.25, 0.3) is 0 Å². The van der Waals surface area contributed by atoms with E-state index in [4.69, 9.17) is 4.74 Å². The first-order chi connectivity index (χ1) is 7.75. The lowest BCUT2D eigenvalue weighted by Gasteiger charge is -2.30. The molecule has 2 N–H and O–H groups in total. The van der Waals surface area contributed by atoms with Crippen molar-refractivity contribution in [2.75, 3.05) is 19.8 Å². The van der Waals surface area contributed by atoms with Crippen LogP contribution in [0, 0.1) is 5.92 Å². The molecular weight excluding hydrogens is 204 g/mol. The number of morpholine rings is 1. The van der Waals surface area contributed by atoms with E-state index in [2.05, 4.69) is 17.6 Å². The molecule has 2 rings (SSSR count). The van der Waals surface area contributed by atoms with Gasteiger partial charge in [0.15, 0.2) is 0 Å². The largest absolute Gasteiger partial charge is 0.378 e. The van der Waals surface area contributed by atoms with Gasteiger partial charge in [0.2, 0.25) is 5.91 Å². The molecule has 3 unspecified atom stereocenters. The molecule has 1 saturated heterocycles. The summed E-state index contributed by atoms with van der Waals surface area (Å²) in [5, 5.41) is 6.32. The Hall–Kier alpha value is -0.610. The summed E-state index contributed by atoms with van der Waals surface area (Å²) in [5.74, 6) is 0.855. The molecule has 0 bridgehead atoms. The zero-order chi connectivity index (χ0) is 11.4. The van der Waals surface area contributed by atoms with Crippen molar-refractivity contribution >= 4 is 5.91 Å². The summed E-state index contributed by atoms with van der Waals surface area (Å²) in [5.41, 5.74) is 0. The summed E-state index contributed by atoms with van der Waals surface area (Å²) in [6.07, 6.45) is 4.79. The van der Waals surface area contributed by atoms with E-state index >= 15 is 0 Å². The van der Waals surface area contributed by atoms with Crippen LogP contribution in [-0.4, -0.2) is 37.7 Å². The van der Waals surface area contributed by atoms with Crippen LogP contribution in [0.5, 0.6) is 0 Å². The van der Waals surface area contributed by atoms with Crippen LogP contribution in [0.1, 0.15) is 32.6 Å². The van der Waals surface area contributed by atoms with E-state index in [0.29, 0.717) is 19.3 Å². The van der Waals surface area contributed by atoms with Gasteiger partial charge in [-0.1, -0.05) is 19.8 Å². The van der Waals surface area contributed by atoms with Crippen molar-refractivity contribution in [3.63, 3.8) is 0 Å². The number of rotatable bonds is 2. The van der Waals surface area contributed by atoms with Crippen molar-refractivity contribution in [1.29, 1.82) is 0 Å². The monoisotopic (exact) mass is 226 g/mol. The van der Waals surface area contributed by atoms with E-state index in [0.717, 1.165) is 25.3 Å². The predicted octanol–water partition coefficient (Wildman–Crippen LogP) is 0.670. The first-order valence-electron chi connectivity index (χ1n) is 6.37. The van der Waals surface area contributed by atoms with E-state index < -0.39 is 0 Å². The fraction of sp³-hybridized carbons (Fsp3) is 0.917. The molecule has 0 aromatic rings. The minimum atomic E-state index is -0.147. The van der Waals surface area contributed by atoms with E-state index in [1.807, 2.05) is 0 Å². The molecule has 1 aliphatic carbocycles. The molecule has 1 saturated carbocycles. The predicted molar refractivity (Wildman–Crippen MR) is 62.2 cm³/mol. The summed E-state index contributed by atoms with van der Waals surface area (Å²) < 4.78 is 5.29. The second kappa shape index (κ2) is 5.64. The van der Waals surface area contributed by atoms with Gasteiger partial charge in [-0.3, -0.25) is 4.79 Å². The van der Waals surface area contributed by atoms with E-state index in [-0.39, 0.29) is 11.9 Å². The van der Waals surface area contributed by atoms with Crippen LogP contribution in [-0.2, 0) is 9.53 Å². The number of hydrogen-bond donors (Lipinski definition) is 2. The number of hydrogen-bond acceptors (Lipinski definition) is 3. The molecule has 16 heavy (non-hydrogen) atoms. The van der Waals surface area contributed by atoms with Crippen LogP contribution in [0.25, 0.3) is 0 Å². The number of carbonyl (C=O) groups excluding carboxylic acids is 1. The summed E-state index contributed by atoms with van der Waals surface area (Å²) in [4.78, 5) is 11.9. The highest BCUT2D eigenvalue weighted by molar-refractivity contribution is 5.82. The lowest BCUT2D eigenvalue weighted by molar-refractivity contribution is -0.126. The summed E-state index contributed by atoms with van der Waals surface area (Å²) in [6.45, 7) is 4.26. The molecule has 1 amide bonds. The molecule has 0 aromatic carbocycles. The summed E-state index contributed by atoms with van der Waals surface area (Å²) in [6, 6.07) is 0.228. The molecule has 2 aliphatic rings. The van der Waals surface area contributed by atoms with Gasteiger partial charge in [0.1, 0.15) is 6.04 Å². The highest BCUT2D eigenvalue weighted by Crippen LogP contribution is 2.23. The maximum atomic E-state index is 11.9. The first-order valence-corrected chi connectivity index (χ1v) is 6.37. The lowest BCUT2D eigenvalue weighted by Crippen LogP contribution is -2.53. The van der Waals surface area contributed by atoms with Gasteiger partial charge >= 0.3 is 0 Å². The molecule has 0 spiro atoms. The lowest BCUT2D eigenvalue weighted by atomic mass is 9.87. The fourth-order valence-electron chi connectivity index (χ4n) is 2.60. The zero-order valence-electron chi connectivity index (χ0n) is 10.00. The van der Waals surface area contributed by atoms with Gasteiger partial charge in [-0.25, -0.2) is 0 Å². The van der Waals surface area contributed by atoms with Gasteiger partial charge in [-0.2, -0.15) is 0 Å². The Bertz CT molecular complexity index is 239. The average molecular weight is 226 g/mol. The van der Waals surface area contributed by atoms with Gasteiger partial charge < -0.3 is 15.4 Å².